The zero-order valence-corrected chi connectivity index (χ0v) is 14.6. The minimum atomic E-state index is -0.484. The van der Waals surface area contributed by atoms with Crippen molar-refractivity contribution in [3.8, 4) is 28.7 Å². The van der Waals surface area contributed by atoms with Crippen LogP contribution in [0.15, 0.2) is 30.3 Å². The lowest BCUT2D eigenvalue weighted by Crippen LogP contribution is -2.21. The van der Waals surface area contributed by atoms with Crippen molar-refractivity contribution >= 4 is 5.78 Å². The predicted molar refractivity (Wildman–Crippen MR) is 91.4 cm³/mol. The van der Waals surface area contributed by atoms with E-state index < -0.39 is 6.10 Å². The average Bonchev–Trinajstić information content (AvgIpc) is 2.65. The molecule has 6 heteroatoms. The number of hydrogen-bond donors (Lipinski definition) is 0. The Morgan fingerprint density at radius 2 is 1.72 bits per heavy atom. The quantitative estimate of drug-likeness (QED) is 0.828. The number of methoxy groups -OCH3 is 4. The number of para-hydroxylation sites is 1. The SMILES string of the molecule is COc1cc(OC)c2c(c1)O[C@H](c1cccc(OC)c1OC)CC2=O. The maximum absolute atomic E-state index is 12.7. The van der Waals surface area contributed by atoms with E-state index in [1.807, 2.05) is 12.1 Å². The molecule has 0 aliphatic carbocycles. The van der Waals surface area contributed by atoms with Crippen molar-refractivity contribution in [1.82, 2.24) is 0 Å². The second-order valence-electron chi connectivity index (χ2n) is 5.52. The van der Waals surface area contributed by atoms with Crippen LogP contribution in [-0.2, 0) is 0 Å². The first-order valence-electron chi connectivity index (χ1n) is 7.79. The molecule has 2 aromatic rings. The minimum Gasteiger partial charge on any atom is -0.496 e. The maximum Gasteiger partial charge on any atom is 0.174 e. The van der Waals surface area contributed by atoms with Gasteiger partial charge in [-0.15, -0.1) is 0 Å². The number of ketones is 1. The van der Waals surface area contributed by atoms with Crippen LogP contribution >= 0.6 is 0 Å². The Morgan fingerprint density at radius 1 is 0.960 bits per heavy atom. The first-order chi connectivity index (χ1) is 12.1. The lowest BCUT2D eigenvalue weighted by molar-refractivity contribution is 0.0840. The highest BCUT2D eigenvalue weighted by Crippen LogP contribution is 2.45. The van der Waals surface area contributed by atoms with Gasteiger partial charge in [0.15, 0.2) is 17.3 Å². The summed E-state index contributed by atoms with van der Waals surface area (Å²) in [5.74, 6) is 2.51. The Kier molecular flexibility index (Phi) is 4.70. The van der Waals surface area contributed by atoms with Crippen LogP contribution in [0.5, 0.6) is 28.7 Å². The van der Waals surface area contributed by atoms with Crippen LogP contribution in [0.1, 0.15) is 28.4 Å². The lowest BCUT2D eigenvalue weighted by Gasteiger charge is -2.28. The zero-order valence-electron chi connectivity index (χ0n) is 14.6. The smallest absolute Gasteiger partial charge is 0.174 e. The maximum atomic E-state index is 12.7. The van der Waals surface area contributed by atoms with Crippen molar-refractivity contribution in [2.24, 2.45) is 0 Å². The summed E-state index contributed by atoms with van der Waals surface area (Å²) in [5.41, 5.74) is 1.18. The summed E-state index contributed by atoms with van der Waals surface area (Å²) < 4.78 is 27.5. The van der Waals surface area contributed by atoms with E-state index in [-0.39, 0.29) is 12.2 Å². The molecule has 0 radical (unpaired) electrons. The topological polar surface area (TPSA) is 63.2 Å². The molecule has 2 aromatic carbocycles. The highest BCUT2D eigenvalue weighted by Gasteiger charge is 2.33. The monoisotopic (exact) mass is 344 g/mol. The largest absolute Gasteiger partial charge is 0.496 e. The molecule has 132 valence electrons. The fourth-order valence-corrected chi connectivity index (χ4v) is 3.02. The molecule has 0 fully saturated rings. The number of rotatable bonds is 5. The van der Waals surface area contributed by atoms with Crippen LogP contribution in [0, 0.1) is 0 Å². The van der Waals surface area contributed by atoms with Gasteiger partial charge in [0, 0.05) is 17.7 Å². The van der Waals surface area contributed by atoms with E-state index in [1.165, 1.54) is 7.11 Å². The molecular weight excluding hydrogens is 324 g/mol. The van der Waals surface area contributed by atoms with Gasteiger partial charge < -0.3 is 23.7 Å². The fraction of sp³-hybridized carbons (Fsp3) is 0.316. The molecule has 0 aromatic heterocycles. The number of carbonyl (C=O) groups excluding carboxylic acids is 1. The van der Waals surface area contributed by atoms with Crippen molar-refractivity contribution in [3.63, 3.8) is 0 Å². The number of Topliss-reactive ketones (excluding diaryl/α,β-unsaturated/α-hetero) is 1. The second-order valence-corrected chi connectivity index (χ2v) is 5.52. The third kappa shape index (κ3) is 2.95. The van der Waals surface area contributed by atoms with Gasteiger partial charge in [0.2, 0.25) is 0 Å². The van der Waals surface area contributed by atoms with Crippen LogP contribution in [0.4, 0.5) is 0 Å². The minimum absolute atomic E-state index is 0.0596. The highest BCUT2D eigenvalue weighted by atomic mass is 16.5. The predicted octanol–water partition coefficient (Wildman–Crippen LogP) is 3.43. The van der Waals surface area contributed by atoms with Gasteiger partial charge in [0.25, 0.3) is 0 Å². The van der Waals surface area contributed by atoms with E-state index in [0.29, 0.717) is 34.3 Å². The van der Waals surface area contributed by atoms with Gasteiger partial charge in [-0.25, -0.2) is 0 Å². The van der Waals surface area contributed by atoms with E-state index in [4.69, 9.17) is 23.7 Å². The van der Waals surface area contributed by atoms with E-state index in [9.17, 15) is 4.79 Å². The van der Waals surface area contributed by atoms with Crippen molar-refractivity contribution in [3.05, 3.63) is 41.5 Å². The van der Waals surface area contributed by atoms with Crippen LogP contribution in [0.3, 0.4) is 0 Å². The van der Waals surface area contributed by atoms with Crippen molar-refractivity contribution < 1.29 is 28.5 Å². The summed E-state index contributed by atoms with van der Waals surface area (Å²) in [5, 5.41) is 0. The highest BCUT2D eigenvalue weighted by molar-refractivity contribution is 6.03. The van der Waals surface area contributed by atoms with Gasteiger partial charge >= 0.3 is 0 Å². The van der Waals surface area contributed by atoms with Gasteiger partial charge in [-0.1, -0.05) is 12.1 Å². The first kappa shape index (κ1) is 17.0. The van der Waals surface area contributed by atoms with Crippen LogP contribution < -0.4 is 23.7 Å². The third-order valence-corrected chi connectivity index (χ3v) is 4.19. The molecular formula is C19H20O6. The average molecular weight is 344 g/mol. The van der Waals surface area contributed by atoms with Crippen LogP contribution in [0.25, 0.3) is 0 Å². The molecule has 0 N–H and O–H groups in total. The van der Waals surface area contributed by atoms with Gasteiger partial charge in [0.05, 0.1) is 34.9 Å². The van der Waals surface area contributed by atoms with Gasteiger partial charge in [-0.05, 0) is 6.07 Å². The van der Waals surface area contributed by atoms with E-state index in [0.717, 1.165) is 5.56 Å². The Hall–Kier alpha value is -2.89. The van der Waals surface area contributed by atoms with Gasteiger partial charge in [-0.2, -0.15) is 0 Å². The molecule has 1 heterocycles. The van der Waals surface area contributed by atoms with Crippen molar-refractivity contribution in [2.45, 2.75) is 12.5 Å². The number of benzene rings is 2. The molecule has 0 amide bonds. The summed E-state index contributed by atoms with van der Waals surface area (Å²) in [6, 6.07) is 8.86. The molecule has 6 nitrogen and oxygen atoms in total. The zero-order chi connectivity index (χ0) is 18.0. The summed E-state index contributed by atoms with van der Waals surface area (Å²) in [7, 11) is 6.19. The summed E-state index contributed by atoms with van der Waals surface area (Å²) >= 11 is 0. The standard InChI is InChI=1S/C19H20O6/c1-21-11-8-16(23-3)18-13(20)10-15(25-17(18)9-11)12-6-5-7-14(22-2)19(12)24-4/h5-9,15H,10H2,1-4H3/t15-/m0/s1. The molecule has 1 atom stereocenters. The Morgan fingerprint density at radius 3 is 2.36 bits per heavy atom. The van der Waals surface area contributed by atoms with Crippen LogP contribution in [0.2, 0.25) is 0 Å². The molecule has 3 rings (SSSR count). The van der Waals surface area contributed by atoms with Gasteiger partial charge in [0.1, 0.15) is 28.9 Å². The third-order valence-electron chi connectivity index (χ3n) is 4.19. The summed E-state index contributed by atoms with van der Waals surface area (Å²) in [4.78, 5) is 12.7. The molecule has 0 saturated heterocycles. The Labute approximate surface area is 146 Å². The summed E-state index contributed by atoms with van der Waals surface area (Å²) in [6.45, 7) is 0. The molecule has 0 unspecified atom stereocenters. The summed E-state index contributed by atoms with van der Waals surface area (Å²) in [6.07, 6.45) is -0.305. The Bertz CT molecular complexity index is 799. The normalized spacial score (nSPS) is 15.8. The second kappa shape index (κ2) is 6.93. The Balaban J connectivity index is 2.06. The molecule has 25 heavy (non-hydrogen) atoms. The number of fused-ring (bicyclic) bond motifs is 1. The molecule has 1 aliphatic rings. The molecule has 0 spiro atoms. The van der Waals surface area contributed by atoms with Crippen molar-refractivity contribution in [2.75, 3.05) is 28.4 Å². The molecule has 1 aliphatic heterocycles. The first-order valence-corrected chi connectivity index (χ1v) is 7.79. The van der Waals surface area contributed by atoms with Crippen LogP contribution in [-0.4, -0.2) is 34.2 Å². The van der Waals surface area contributed by atoms with Crippen molar-refractivity contribution in [1.29, 1.82) is 0 Å². The van der Waals surface area contributed by atoms with E-state index >= 15 is 0 Å². The van der Waals surface area contributed by atoms with Gasteiger partial charge in [-0.3, -0.25) is 4.79 Å². The molecule has 0 saturated carbocycles. The number of carbonyl (C=O) groups is 1. The number of hydrogen-bond acceptors (Lipinski definition) is 6. The fourth-order valence-electron chi connectivity index (χ4n) is 3.02. The molecule has 0 bridgehead atoms. The van der Waals surface area contributed by atoms with E-state index in [1.54, 1.807) is 39.5 Å². The lowest BCUT2D eigenvalue weighted by atomic mass is 9.94. The number of ether oxygens (including phenoxy) is 5. The van der Waals surface area contributed by atoms with E-state index in [2.05, 4.69) is 0 Å².